The third-order valence-corrected chi connectivity index (χ3v) is 7.01. The Kier molecular flexibility index (Phi) is 4.20. The molecule has 2 rings (SSSR count). The molecular weight excluding hydrogens is 266 g/mol. The standard InChI is InChI=1S/C13H23NO4S/c1-9-7-8-14(12-6-4-3-5-11(9)12)19(17,18)10(2)13(15)16/h9-12H,3-8H2,1-2H3,(H,15,16). The van der Waals surface area contributed by atoms with Gasteiger partial charge in [-0.25, -0.2) is 8.42 Å². The Balaban J connectivity index is 2.26. The quantitative estimate of drug-likeness (QED) is 0.858. The van der Waals surface area contributed by atoms with Gasteiger partial charge in [0, 0.05) is 12.6 Å². The van der Waals surface area contributed by atoms with E-state index in [2.05, 4.69) is 6.92 Å². The van der Waals surface area contributed by atoms with E-state index in [4.69, 9.17) is 5.11 Å². The predicted octanol–water partition coefficient (Wildman–Crippen LogP) is 1.69. The van der Waals surface area contributed by atoms with E-state index in [1.807, 2.05) is 0 Å². The van der Waals surface area contributed by atoms with E-state index in [1.165, 1.54) is 11.2 Å². The number of sulfonamides is 1. The minimum atomic E-state index is -3.72. The summed E-state index contributed by atoms with van der Waals surface area (Å²) in [7, 11) is -3.72. The van der Waals surface area contributed by atoms with Crippen LogP contribution in [0, 0.1) is 11.8 Å². The van der Waals surface area contributed by atoms with Crippen LogP contribution in [0.2, 0.25) is 0 Å². The number of nitrogens with zero attached hydrogens (tertiary/aromatic N) is 1. The molecule has 110 valence electrons. The van der Waals surface area contributed by atoms with Gasteiger partial charge in [0.25, 0.3) is 0 Å². The van der Waals surface area contributed by atoms with Crippen LogP contribution < -0.4 is 0 Å². The Bertz CT molecular complexity index is 448. The van der Waals surface area contributed by atoms with Crippen molar-refractivity contribution in [3.63, 3.8) is 0 Å². The molecule has 0 amide bonds. The van der Waals surface area contributed by atoms with Gasteiger partial charge in [0.1, 0.15) is 0 Å². The molecule has 1 heterocycles. The topological polar surface area (TPSA) is 74.7 Å². The SMILES string of the molecule is CC1CCN(S(=O)(=O)C(C)C(=O)O)C2CCCCC12. The molecule has 1 aliphatic carbocycles. The number of fused-ring (bicyclic) bond motifs is 1. The van der Waals surface area contributed by atoms with Gasteiger partial charge in [-0.2, -0.15) is 4.31 Å². The summed E-state index contributed by atoms with van der Waals surface area (Å²) in [5, 5.41) is 7.65. The fourth-order valence-electron chi connectivity index (χ4n) is 3.52. The van der Waals surface area contributed by atoms with Crippen molar-refractivity contribution in [1.29, 1.82) is 0 Å². The average Bonchev–Trinajstić information content (AvgIpc) is 2.38. The van der Waals surface area contributed by atoms with Crippen molar-refractivity contribution in [2.45, 2.75) is 57.2 Å². The molecule has 4 unspecified atom stereocenters. The third kappa shape index (κ3) is 2.65. The highest BCUT2D eigenvalue weighted by molar-refractivity contribution is 7.90. The van der Waals surface area contributed by atoms with Crippen LogP contribution in [0.5, 0.6) is 0 Å². The van der Waals surface area contributed by atoms with Gasteiger partial charge in [0.15, 0.2) is 5.25 Å². The van der Waals surface area contributed by atoms with E-state index >= 15 is 0 Å². The van der Waals surface area contributed by atoms with E-state index in [0.717, 1.165) is 32.1 Å². The molecule has 2 aliphatic rings. The lowest BCUT2D eigenvalue weighted by Crippen LogP contribution is -2.55. The monoisotopic (exact) mass is 289 g/mol. The van der Waals surface area contributed by atoms with Crippen LogP contribution in [0.3, 0.4) is 0 Å². The molecule has 0 aromatic rings. The summed E-state index contributed by atoms with van der Waals surface area (Å²) in [5.74, 6) is -0.318. The van der Waals surface area contributed by atoms with Crippen molar-refractivity contribution in [2.24, 2.45) is 11.8 Å². The first kappa shape index (κ1) is 14.8. The molecule has 1 saturated carbocycles. The second-order valence-electron chi connectivity index (χ2n) is 5.92. The van der Waals surface area contributed by atoms with Crippen LogP contribution in [0.4, 0.5) is 0 Å². The van der Waals surface area contributed by atoms with E-state index < -0.39 is 21.2 Å². The smallest absolute Gasteiger partial charge is 0.323 e. The van der Waals surface area contributed by atoms with Crippen molar-refractivity contribution in [3.05, 3.63) is 0 Å². The van der Waals surface area contributed by atoms with Gasteiger partial charge in [-0.1, -0.05) is 19.8 Å². The van der Waals surface area contributed by atoms with Crippen LogP contribution in [-0.2, 0) is 14.8 Å². The number of carboxylic acids is 1. The fourth-order valence-corrected chi connectivity index (χ4v) is 5.18. The molecule has 1 saturated heterocycles. The molecule has 0 aromatic heterocycles. The summed E-state index contributed by atoms with van der Waals surface area (Å²) in [5.41, 5.74) is 0. The number of hydrogen-bond donors (Lipinski definition) is 1. The first-order valence-electron chi connectivity index (χ1n) is 7.09. The molecule has 0 radical (unpaired) electrons. The molecular formula is C13H23NO4S. The molecule has 5 nitrogen and oxygen atoms in total. The zero-order valence-electron chi connectivity index (χ0n) is 11.6. The molecule has 1 N–H and O–H groups in total. The summed E-state index contributed by atoms with van der Waals surface area (Å²) in [6, 6.07) is 0.0179. The number of aliphatic carboxylic acids is 1. The normalized spacial score (nSPS) is 34.5. The molecule has 4 atom stereocenters. The summed E-state index contributed by atoms with van der Waals surface area (Å²) in [4.78, 5) is 11.0. The van der Waals surface area contributed by atoms with Crippen LogP contribution in [0.25, 0.3) is 0 Å². The van der Waals surface area contributed by atoms with Gasteiger partial charge in [-0.3, -0.25) is 4.79 Å². The second kappa shape index (κ2) is 5.40. The Morgan fingerprint density at radius 3 is 2.53 bits per heavy atom. The van der Waals surface area contributed by atoms with Gasteiger partial charge in [0.2, 0.25) is 10.0 Å². The average molecular weight is 289 g/mol. The van der Waals surface area contributed by atoms with Crippen molar-refractivity contribution >= 4 is 16.0 Å². The molecule has 0 aromatic carbocycles. The van der Waals surface area contributed by atoms with Crippen LogP contribution in [0.1, 0.15) is 46.0 Å². The molecule has 1 aliphatic heterocycles. The largest absolute Gasteiger partial charge is 0.480 e. The van der Waals surface area contributed by atoms with Crippen molar-refractivity contribution in [1.82, 2.24) is 4.31 Å². The van der Waals surface area contributed by atoms with Gasteiger partial charge in [-0.05, 0) is 38.0 Å². The summed E-state index contributed by atoms with van der Waals surface area (Å²) >= 11 is 0. The molecule has 6 heteroatoms. The van der Waals surface area contributed by atoms with E-state index in [-0.39, 0.29) is 6.04 Å². The minimum absolute atomic E-state index is 0.0179. The lowest BCUT2D eigenvalue weighted by Gasteiger charge is -2.46. The second-order valence-corrected chi connectivity index (χ2v) is 8.12. The maximum atomic E-state index is 12.4. The lowest BCUT2D eigenvalue weighted by atomic mass is 9.74. The van der Waals surface area contributed by atoms with E-state index in [1.54, 1.807) is 0 Å². The van der Waals surface area contributed by atoms with Crippen molar-refractivity contribution < 1.29 is 18.3 Å². The maximum absolute atomic E-state index is 12.4. The number of piperidine rings is 1. The zero-order valence-corrected chi connectivity index (χ0v) is 12.4. The number of carboxylic acid groups (broad SMARTS) is 1. The number of rotatable bonds is 3. The van der Waals surface area contributed by atoms with Crippen LogP contribution >= 0.6 is 0 Å². The Hall–Kier alpha value is -0.620. The summed E-state index contributed by atoms with van der Waals surface area (Å²) in [6.45, 7) is 3.93. The number of carbonyl (C=O) groups is 1. The van der Waals surface area contributed by atoms with Gasteiger partial charge in [0.05, 0.1) is 0 Å². The first-order valence-corrected chi connectivity index (χ1v) is 8.59. The highest BCUT2D eigenvalue weighted by Crippen LogP contribution is 2.40. The number of hydrogen-bond acceptors (Lipinski definition) is 3. The molecule has 0 spiro atoms. The Morgan fingerprint density at radius 2 is 1.89 bits per heavy atom. The van der Waals surface area contributed by atoms with Gasteiger partial charge in [-0.15, -0.1) is 0 Å². The molecule has 19 heavy (non-hydrogen) atoms. The third-order valence-electron chi connectivity index (χ3n) is 4.81. The lowest BCUT2D eigenvalue weighted by molar-refractivity contribution is -0.136. The fraction of sp³-hybridized carbons (Fsp3) is 0.923. The summed E-state index contributed by atoms with van der Waals surface area (Å²) in [6.07, 6.45) is 4.99. The van der Waals surface area contributed by atoms with Crippen LogP contribution in [0.15, 0.2) is 0 Å². The maximum Gasteiger partial charge on any atom is 0.323 e. The minimum Gasteiger partial charge on any atom is -0.480 e. The highest BCUT2D eigenvalue weighted by atomic mass is 32.2. The molecule has 0 bridgehead atoms. The molecule has 2 fully saturated rings. The summed E-state index contributed by atoms with van der Waals surface area (Å²) < 4.78 is 26.4. The highest BCUT2D eigenvalue weighted by Gasteiger charge is 2.45. The Morgan fingerprint density at radius 1 is 1.26 bits per heavy atom. The van der Waals surface area contributed by atoms with Crippen molar-refractivity contribution in [3.8, 4) is 0 Å². The van der Waals surface area contributed by atoms with Crippen LogP contribution in [-0.4, -0.2) is 41.6 Å². The van der Waals surface area contributed by atoms with Gasteiger partial charge >= 0.3 is 5.97 Å². The zero-order chi connectivity index (χ0) is 14.2. The first-order chi connectivity index (χ1) is 8.85. The Labute approximate surface area is 115 Å². The van der Waals surface area contributed by atoms with Gasteiger partial charge < -0.3 is 5.11 Å². The van der Waals surface area contributed by atoms with E-state index in [9.17, 15) is 13.2 Å². The van der Waals surface area contributed by atoms with E-state index in [0.29, 0.717) is 18.4 Å². The predicted molar refractivity (Wildman–Crippen MR) is 72.3 cm³/mol. The van der Waals surface area contributed by atoms with Crippen molar-refractivity contribution in [2.75, 3.05) is 6.54 Å².